The molecule has 1 aliphatic rings. The molecule has 3 unspecified atom stereocenters. The van der Waals surface area contributed by atoms with Crippen molar-refractivity contribution in [1.82, 2.24) is 5.32 Å². The van der Waals surface area contributed by atoms with Crippen molar-refractivity contribution in [2.24, 2.45) is 0 Å². The summed E-state index contributed by atoms with van der Waals surface area (Å²) in [4.78, 5) is 11.8. The van der Waals surface area contributed by atoms with Gasteiger partial charge in [0.1, 0.15) is 6.04 Å². The van der Waals surface area contributed by atoms with Gasteiger partial charge in [0.05, 0.1) is 6.61 Å². The van der Waals surface area contributed by atoms with Gasteiger partial charge in [0.25, 0.3) is 0 Å². The summed E-state index contributed by atoms with van der Waals surface area (Å²) in [6.07, 6.45) is 5.55. The van der Waals surface area contributed by atoms with E-state index in [-0.39, 0.29) is 12.0 Å². The Kier molecular flexibility index (Phi) is 7.75. The molecule has 0 radical (unpaired) electrons. The minimum atomic E-state index is -0.106. The average Bonchev–Trinajstić information content (AvgIpc) is 2.77. The second-order valence-electron chi connectivity index (χ2n) is 4.85. The lowest BCUT2D eigenvalue weighted by Crippen LogP contribution is -2.43. The highest BCUT2D eigenvalue weighted by atomic mass is 32.2. The van der Waals surface area contributed by atoms with Crippen LogP contribution in [0.2, 0.25) is 0 Å². The Balaban J connectivity index is 2.39. The molecule has 0 saturated heterocycles. The first-order chi connectivity index (χ1) is 8.71. The van der Waals surface area contributed by atoms with Gasteiger partial charge < -0.3 is 10.1 Å². The van der Waals surface area contributed by atoms with E-state index in [1.165, 1.54) is 25.0 Å². The highest BCUT2D eigenvalue weighted by Gasteiger charge is 2.28. The fraction of sp³-hybridized carbons (Fsp3) is 0.929. The van der Waals surface area contributed by atoms with Gasteiger partial charge >= 0.3 is 5.97 Å². The summed E-state index contributed by atoms with van der Waals surface area (Å²) in [6.45, 7) is 6.66. The van der Waals surface area contributed by atoms with E-state index in [9.17, 15) is 4.79 Å². The zero-order valence-corrected chi connectivity index (χ0v) is 12.7. The van der Waals surface area contributed by atoms with Gasteiger partial charge in [-0.3, -0.25) is 4.79 Å². The number of ether oxygens (including phenoxy) is 1. The van der Waals surface area contributed by atoms with Gasteiger partial charge in [-0.05, 0) is 38.4 Å². The number of thioether (sulfide) groups is 1. The molecule has 0 amide bonds. The number of carbonyl (C=O) groups excluding carboxylic acids is 1. The maximum atomic E-state index is 11.8. The third-order valence-electron chi connectivity index (χ3n) is 3.37. The van der Waals surface area contributed by atoms with Crippen molar-refractivity contribution in [3.63, 3.8) is 0 Å². The molecule has 1 fully saturated rings. The van der Waals surface area contributed by atoms with E-state index in [4.69, 9.17) is 4.74 Å². The number of esters is 1. The molecule has 18 heavy (non-hydrogen) atoms. The normalized spacial score (nSPS) is 25.1. The zero-order chi connectivity index (χ0) is 13.4. The highest BCUT2D eigenvalue weighted by Crippen LogP contribution is 2.30. The van der Waals surface area contributed by atoms with Crippen LogP contribution in [0.25, 0.3) is 0 Å². The summed E-state index contributed by atoms with van der Waals surface area (Å²) in [5.74, 6) is 1.11. The summed E-state index contributed by atoms with van der Waals surface area (Å²) >= 11 is 2.05. The van der Waals surface area contributed by atoms with Crippen LogP contribution in [0.15, 0.2) is 0 Å². The molecule has 106 valence electrons. The molecule has 1 N–H and O–H groups in total. The van der Waals surface area contributed by atoms with E-state index in [0.717, 1.165) is 18.1 Å². The van der Waals surface area contributed by atoms with Crippen LogP contribution in [0.1, 0.15) is 52.9 Å². The molecule has 1 rings (SSSR count). The lowest BCUT2D eigenvalue weighted by Gasteiger charge is -2.21. The molecule has 0 spiro atoms. The summed E-state index contributed by atoms with van der Waals surface area (Å²) in [7, 11) is 0. The number of hydrogen-bond acceptors (Lipinski definition) is 4. The average molecular weight is 273 g/mol. The number of carbonyl (C=O) groups is 1. The molecule has 3 atom stereocenters. The van der Waals surface area contributed by atoms with Crippen LogP contribution < -0.4 is 5.32 Å². The third-order valence-corrected chi connectivity index (χ3v) is 4.61. The summed E-state index contributed by atoms with van der Waals surface area (Å²) in [5, 5.41) is 4.28. The topological polar surface area (TPSA) is 38.3 Å². The van der Waals surface area contributed by atoms with Crippen LogP contribution in [-0.4, -0.2) is 35.7 Å². The van der Waals surface area contributed by atoms with Crippen LogP contribution in [0, 0.1) is 0 Å². The molecular formula is C14H27NO2S. The van der Waals surface area contributed by atoms with Crippen molar-refractivity contribution in [3.05, 3.63) is 0 Å². The summed E-state index contributed by atoms with van der Waals surface area (Å²) in [6, 6.07) is 0.389. The Hall–Kier alpha value is -0.220. The van der Waals surface area contributed by atoms with Gasteiger partial charge in [-0.25, -0.2) is 0 Å². The number of nitrogens with one attached hydrogen (secondary N) is 1. The van der Waals surface area contributed by atoms with Crippen molar-refractivity contribution < 1.29 is 9.53 Å². The van der Waals surface area contributed by atoms with Crippen molar-refractivity contribution in [1.29, 1.82) is 0 Å². The van der Waals surface area contributed by atoms with Gasteiger partial charge in [0.2, 0.25) is 0 Å². The fourth-order valence-electron chi connectivity index (χ4n) is 2.56. The molecule has 0 aliphatic heterocycles. The van der Waals surface area contributed by atoms with Gasteiger partial charge in [0.15, 0.2) is 0 Å². The van der Waals surface area contributed by atoms with E-state index >= 15 is 0 Å². The molecule has 0 heterocycles. The van der Waals surface area contributed by atoms with Crippen molar-refractivity contribution >= 4 is 17.7 Å². The number of rotatable bonds is 8. The van der Waals surface area contributed by atoms with Crippen LogP contribution in [0.4, 0.5) is 0 Å². The predicted molar refractivity (Wildman–Crippen MR) is 78.0 cm³/mol. The van der Waals surface area contributed by atoms with E-state index in [0.29, 0.717) is 12.6 Å². The summed E-state index contributed by atoms with van der Waals surface area (Å²) < 4.78 is 5.13. The highest BCUT2D eigenvalue weighted by molar-refractivity contribution is 7.99. The van der Waals surface area contributed by atoms with Crippen LogP contribution in [-0.2, 0) is 9.53 Å². The largest absolute Gasteiger partial charge is 0.465 e. The van der Waals surface area contributed by atoms with Gasteiger partial charge in [-0.15, -0.1) is 0 Å². The minimum Gasteiger partial charge on any atom is -0.465 e. The molecule has 0 aromatic heterocycles. The van der Waals surface area contributed by atoms with E-state index in [2.05, 4.69) is 19.2 Å². The van der Waals surface area contributed by atoms with Crippen molar-refractivity contribution in [3.8, 4) is 0 Å². The second kappa shape index (κ2) is 8.81. The van der Waals surface area contributed by atoms with Gasteiger partial charge in [0, 0.05) is 11.3 Å². The Morgan fingerprint density at radius 2 is 2.17 bits per heavy atom. The van der Waals surface area contributed by atoms with Crippen LogP contribution in [0.3, 0.4) is 0 Å². The Labute approximate surface area is 115 Å². The molecule has 1 aliphatic carbocycles. The first-order valence-electron chi connectivity index (χ1n) is 7.25. The Bertz CT molecular complexity index is 248. The van der Waals surface area contributed by atoms with E-state index in [1.54, 1.807) is 0 Å². The van der Waals surface area contributed by atoms with Gasteiger partial charge in [-0.2, -0.15) is 11.8 Å². The smallest absolute Gasteiger partial charge is 0.323 e. The van der Waals surface area contributed by atoms with Crippen LogP contribution >= 0.6 is 11.8 Å². The molecule has 4 heteroatoms. The lowest BCUT2D eigenvalue weighted by atomic mass is 10.1. The lowest BCUT2D eigenvalue weighted by molar-refractivity contribution is -0.146. The first kappa shape index (κ1) is 15.8. The number of hydrogen-bond donors (Lipinski definition) is 1. The molecule has 1 saturated carbocycles. The summed E-state index contributed by atoms with van der Waals surface area (Å²) in [5.41, 5.74) is 0. The molecular weight excluding hydrogens is 246 g/mol. The minimum absolute atomic E-state index is 0.0778. The Morgan fingerprint density at radius 3 is 2.78 bits per heavy atom. The van der Waals surface area contributed by atoms with E-state index < -0.39 is 0 Å². The third kappa shape index (κ3) is 5.19. The first-order valence-corrected chi connectivity index (χ1v) is 8.30. The van der Waals surface area contributed by atoms with Crippen molar-refractivity contribution in [2.45, 2.75) is 70.2 Å². The molecule has 3 nitrogen and oxygen atoms in total. The SMILES string of the molecule is CCCC(NC1CCC(SCC)C1)C(=O)OCC. The molecule has 0 aromatic rings. The zero-order valence-electron chi connectivity index (χ0n) is 11.9. The quantitative estimate of drug-likeness (QED) is 0.690. The molecule has 0 aromatic carbocycles. The fourth-order valence-corrected chi connectivity index (χ4v) is 3.71. The Morgan fingerprint density at radius 1 is 1.39 bits per heavy atom. The van der Waals surface area contributed by atoms with Crippen LogP contribution in [0.5, 0.6) is 0 Å². The van der Waals surface area contributed by atoms with Gasteiger partial charge in [-0.1, -0.05) is 20.3 Å². The molecule has 0 bridgehead atoms. The maximum absolute atomic E-state index is 11.8. The van der Waals surface area contributed by atoms with Crippen molar-refractivity contribution in [2.75, 3.05) is 12.4 Å². The predicted octanol–water partition coefficient (Wildman–Crippen LogP) is 2.98. The van der Waals surface area contributed by atoms with E-state index in [1.807, 2.05) is 18.7 Å². The monoisotopic (exact) mass is 273 g/mol. The standard InChI is InChI=1S/C14H27NO2S/c1-4-7-13(14(16)17-5-2)15-11-8-9-12(10-11)18-6-3/h11-13,15H,4-10H2,1-3H3. The second-order valence-corrected chi connectivity index (χ2v) is 6.42. The maximum Gasteiger partial charge on any atom is 0.323 e.